The van der Waals surface area contributed by atoms with Crippen LogP contribution in [0.5, 0.6) is 0 Å². The van der Waals surface area contributed by atoms with Crippen molar-refractivity contribution in [2.24, 2.45) is 22.3 Å². The van der Waals surface area contributed by atoms with Crippen LogP contribution in [0.2, 0.25) is 0 Å². The first kappa shape index (κ1) is 7.76. The zero-order valence-electron chi connectivity index (χ0n) is 8.03. The highest BCUT2D eigenvalue weighted by Gasteiger charge is 2.51. The Morgan fingerprint density at radius 3 is 2.46 bits per heavy atom. The first-order chi connectivity index (χ1) is 6.21. The SMILES string of the molecule is CC12CN3CC(CN(C3)C1)C2=NN. The topological polar surface area (TPSA) is 44.9 Å². The van der Waals surface area contributed by atoms with Crippen LogP contribution in [-0.4, -0.2) is 48.4 Å². The summed E-state index contributed by atoms with van der Waals surface area (Å²) < 4.78 is 0. The van der Waals surface area contributed by atoms with E-state index in [1.807, 2.05) is 0 Å². The standard InChI is InChI=1S/C9H16N4/c1-9-4-12-2-7(8(9)11-10)3-13(5-9)6-12/h7H,2-6,10H2,1H3. The van der Waals surface area contributed by atoms with Crippen LogP contribution in [0.1, 0.15) is 6.92 Å². The number of rotatable bonds is 0. The van der Waals surface area contributed by atoms with Gasteiger partial charge in [0.15, 0.2) is 0 Å². The minimum Gasteiger partial charge on any atom is -0.323 e. The van der Waals surface area contributed by atoms with Gasteiger partial charge in [-0.05, 0) is 0 Å². The van der Waals surface area contributed by atoms with Gasteiger partial charge in [-0.1, -0.05) is 6.92 Å². The van der Waals surface area contributed by atoms with Crippen molar-refractivity contribution in [2.75, 3.05) is 32.8 Å². The van der Waals surface area contributed by atoms with Gasteiger partial charge in [-0.25, -0.2) is 0 Å². The van der Waals surface area contributed by atoms with Crippen LogP contribution in [0.15, 0.2) is 5.10 Å². The van der Waals surface area contributed by atoms with Crippen LogP contribution in [0.3, 0.4) is 0 Å². The molecule has 2 unspecified atom stereocenters. The molecule has 0 aromatic rings. The van der Waals surface area contributed by atoms with Gasteiger partial charge in [0.05, 0.1) is 12.4 Å². The van der Waals surface area contributed by atoms with Crippen molar-refractivity contribution >= 4 is 5.71 Å². The highest BCUT2D eigenvalue weighted by atomic mass is 15.4. The molecule has 0 radical (unpaired) electrons. The Balaban J connectivity index is 2.03. The van der Waals surface area contributed by atoms with Gasteiger partial charge in [-0.2, -0.15) is 5.10 Å². The first-order valence-corrected chi connectivity index (χ1v) is 4.94. The van der Waals surface area contributed by atoms with E-state index in [9.17, 15) is 0 Å². The van der Waals surface area contributed by atoms with Crippen molar-refractivity contribution < 1.29 is 0 Å². The summed E-state index contributed by atoms with van der Waals surface area (Å²) in [6, 6.07) is 0. The number of hydrazone groups is 1. The van der Waals surface area contributed by atoms with Gasteiger partial charge < -0.3 is 5.84 Å². The van der Waals surface area contributed by atoms with Crippen LogP contribution in [0, 0.1) is 11.3 Å². The van der Waals surface area contributed by atoms with E-state index < -0.39 is 0 Å². The molecule has 4 heterocycles. The van der Waals surface area contributed by atoms with Gasteiger partial charge in [-0.3, -0.25) is 9.80 Å². The largest absolute Gasteiger partial charge is 0.323 e. The molecule has 0 aromatic heterocycles. The summed E-state index contributed by atoms with van der Waals surface area (Å²) in [6.07, 6.45) is 0. The molecular weight excluding hydrogens is 164 g/mol. The third-order valence-corrected chi connectivity index (χ3v) is 3.65. The second kappa shape index (κ2) is 2.25. The maximum absolute atomic E-state index is 5.49. The molecule has 13 heavy (non-hydrogen) atoms. The molecule has 4 saturated heterocycles. The lowest BCUT2D eigenvalue weighted by Crippen LogP contribution is -2.70. The van der Waals surface area contributed by atoms with E-state index in [1.165, 1.54) is 18.8 Å². The van der Waals surface area contributed by atoms with E-state index in [0.29, 0.717) is 5.92 Å². The molecular formula is C9H16N4. The first-order valence-electron chi connectivity index (χ1n) is 4.94. The van der Waals surface area contributed by atoms with Crippen molar-refractivity contribution in [3.8, 4) is 0 Å². The molecule has 0 spiro atoms. The molecule has 2 atom stereocenters. The smallest absolute Gasteiger partial charge is 0.0516 e. The van der Waals surface area contributed by atoms with E-state index in [4.69, 9.17) is 5.84 Å². The van der Waals surface area contributed by atoms with Crippen molar-refractivity contribution in [3.05, 3.63) is 0 Å². The highest BCUT2D eigenvalue weighted by Crippen LogP contribution is 2.39. The summed E-state index contributed by atoms with van der Waals surface area (Å²) in [4.78, 5) is 5.04. The molecule has 72 valence electrons. The summed E-state index contributed by atoms with van der Waals surface area (Å²) in [5.41, 5.74) is 1.51. The molecule has 0 saturated carbocycles. The second-order valence-corrected chi connectivity index (χ2v) is 4.94. The molecule has 0 amide bonds. The Kier molecular flexibility index (Phi) is 1.34. The van der Waals surface area contributed by atoms with Crippen LogP contribution < -0.4 is 5.84 Å². The zero-order chi connectivity index (χ0) is 9.05. The summed E-state index contributed by atoms with van der Waals surface area (Å²) in [5.74, 6) is 6.09. The van der Waals surface area contributed by atoms with E-state index in [0.717, 1.165) is 19.8 Å². The lowest BCUT2D eigenvalue weighted by Gasteiger charge is -2.58. The summed E-state index contributed by atoms with van der Waals surface area (Å²) in [6.45, 7) is 8.09. The van der Waals surface area contributed by atoms with Crippen LogP contribution in [0.4, 0.5) is 0 Å². The Hall–Kier alpha value is -0.610. The second-order valence-electron chi connectivity index (χ2n) is 4.94. The third kappa shape index (κ3) is 0.901. The van der Waals surface area contributed by atoms with Crippen LogP contribution in [-0.2, 0) is 0 Å². The predicted octanol–water partition coefficient (Wildman–Crippen LogP) is -0.474. The molecule has 4 aliphatic heterocycles. The summed E-state index contributed by atoms with van der Waals surface area (Å²) >= 11 is 0. The molecule has 4 bridgehead atoms. The quantitative estimate of drug-likeness (QED) is 0.405. The lowest BCUT2D eigenvalue weighted by molar-refractivity contribution is -0.0433. The van der Waals surface area contributed by atoms with Gasteiger partial charge in [0, 0.05) is 37.5 Å². The van der Waals surface area contributed by atoms with Crippen molar-refractivity contribution in [3.63, 3.8) is 0 Å². The van der Waals surface area contributed by atoms with Crippen molar-refractivity contribution in [1.29, 1.82) is 0 Å². The molecule has 2 N–H and O–H groups in total. The van der Waals surface area contributed by atoms with Crippen molar-refractivity contribution in [1.82, 2.24) is 9.80 Å². The Labute approximate surface area is 78.4 Å². The average Bonchev–Trinajstić information content (AvgIpc) is 2.00. The fourth-order valence-electron chi connectivity index (χ4n) is 3.43. The average molecular weight is 180 g/mol. The van der Waals surface area contributed by atoms with E-state index >= 15 is 0 Å². The van der Waals surface area contributed by atoms with Crippen molar-refractivity contribution in [2.45, 2.75) is 6.92 Å². The molecule has 4 fully saturated rings. The Morgan fingerprint density at radius 1 is 1.38 bits per heavy atom. The molecule has 4 aliphatic rings. The molecule has 0 aromatic carbocycles. The molecule has 0 aliphatic carbocycles. The molecule has 4 nitrogen and oxygen atoms in total. The minimum absolute atomic E-state index is 0.244. The Morgan fingerprint density at radius 2 is 2.00 bits per heavy atom. The molecule has 4 rings (SSSR count). The number of nitrogens with two attached hydrogens (primary N) is 1. The number of hydrogen-bond donors (Lipinski definition) is 1. The number of piperidine rings is 2. The van der Waals surface area contributed by atoms with E-state index in [-0.39, 0.29) is 5.41 Å². The summed E-state index contributed by atoms with van der Waals surface area (Å²) in [7, 11) is 0. The van der Waals surface area contributed by atoms with Gasteiger partial charge in [-0.15, -0.1) is 0 Å². The van der Waals surface area contributed by atoms with Gasteiger partial charge in [0.1, 0.15) is 0 Å². The zero-order valence-corrected chi connectivity index (χ0v) is 8.03. The Bertz CT molecular complexity index is 259. The third-order valence-electron chi connectivity index (χ3n) is 3.65. The summed E-state index contributed by atoms with van der Waals surface area (Å²) in [5, 5.41) is 4.02. The molecule has 4 heteroatoms. The fraction of sp³-hybridized carbons (Fsp3) is 0.889. The van der Waals surface area contributed by atoms with Crippen LogP contribution >= 0.6 is 0 Å². The lowest BCUT2D eigenvalue weighted by atomic mass is 9.70. The number of nitrogens with zero attached hydrogens (tertiary/aromatic N) is 3. The monoisotopic (exact) mass is 180 g/mol. The highest BCUT2D eigenvalue weighted by molar-refractivity contribution is 5.94. The van der Waals surface area contributed by atoms with Crippen LogP contribution in [0.25, 0.3) is 0 Å². The van der Waals surface area contributed by atoms with E-state index in [2.05, 4.69) is 21.8 Å². The normalized spacial score (nSPS) is 56.1. The van der Waals surface area contributed by atoms with E-state index in [1.54, 1.807) is 0 Å². The predicted molar refractivity (Wildman–Crippen MR) is 51.2 cm³/mol. The maximum Gasteiger partial charge on any atom is 0.0516 e. The maximum atomic E-state index is 5.49. The number of hydrogen-bond acceptors (Lipinski definition) is 4. The van der Waals surface area contributed by atoms with Gasteiger partial charge >= 0.3 is 0 Å². The minimum atomic E-state index is 0.244. The van der Waals surface area contributed by atoms with Gasteiger partial charge in [0.25, 0.3) is 0 Å². The van der Waals surface area contributed by atoms with Gasteiger partial charge in [0.2, 0.25) is 0 Å². The fourth-order valence-corrected chi connectivity index (χ4v) is 3.43.